The second-order valence-electron chi connectivity index (χ2n) is 9.52. The predicted octanol–water partition coefficient (Wildman–Crippen LogP) is 8.51. The fourth-order valence-corrected chi connectivity index (χ4v) is 4.98. The maximum Gasteiger partial charge on any atom is 0.292 e. The molecule has 0 aromatic carbocycles. The molecule has 0 saturated carbocycles. The van der Waals surface area contributed by atoms with Crippen LogP contribution in [0.25, 0.3) is 0 Å². The lowest BCUT2D eigenvalue weighted by atomic mass is 10.0. The van der Waals surface area contributed by atoms with Crippen molar-refractivity contribution in [3.05, 3.63) is 0 Å². The van der Waals surface area contributed by atoms with Crippen molar-refractivity contribution in [2.75, 3.05) is 0 Å². The Morgan fingerprint density at radius 1 is 0.655 bits per heavy atom. The van der Waals surface area contributed by atoms with Crippen molar-refractivity contribution in [3.63, 3.8) is 0 Å². The van der Waals surface area contributed by atoms with Gasteiger partial charge in [-0.15, -0.1) is 0 Å². The molecule has 0 rings (SSSR count). The van der Waals surface area contributed by atoms with Crippen LogP contribution in [0, 0.1) is 5.92 Å². The van der Waals surface area contributed by atoms with Crippen LogP contribution in [0.1, 0.15) is 149 Å². The van der Waals surface area contributed by atoms with Crippen LogP contribution < -0.4 is 0 Å². The van der Waals surface area contributed by atoms with Gasteiger partial charge in [0.15, 0.2) is 0 Å². The summed E-state index contributed by atoms with van der Waals surface area (Å²) in [6.45, 7) is 6.89. The summed E-state index contributed by atoms with van der Waals surface area (Å²) >= 11 is 0. The molecule has 0 spiro atoms. The molecule has 29 heavy (non-hydrogen) atoms. The molecule has 0 fully saturated rings. The van der Waals surface area contributed by atoms with Crippen molar-refractivity contribution in [3.8, 4) is 0 Å². The number of hydrogen-bond donors (Lipinski definition) is 0. The van der Waals surface area contributed by atoms with E-state index in [4.69, 9.17) is 4.43 Å². The number of unbranched alkanes of at least 4 members (excludes halogenated alkanes) is 16. The molecule has 0 unspecified atom stereocenters. The first-order valence-corrected chi connectivity index (χ1v) is 14.9. The van der Waals surface area contributed by atoms with E-state index in [1.165, 1.54) is 122 Å². The molecule has 0 heterocycles. The van der Waals surface area contributed by atoms with Crippen molar-refractivity contribution in [1.29, 1.82) is 0 Å². The van der Waals surface area contributed by atoms with Crippen LogP contribution in [0.15, 0.2) is 0 Å². The van der Waals surface area contributed by atoms with Crippen LogP contribution in [-0.2, 0) is 9.22 Å². The second kappa shape index (κ2) is 24.0. The zero-order valence-corrected chi connectivity index (χ0v) is 21.9. The van der Waals surface area contributed by atoms with Crippen LogP contribution in [-0.4, -0.2) is 15.7 Å². The average Bonchev–Trinajstić information content (AvgIpc) is 2.70. The van der Waals surface area contributed by atoms with Gasteiger partial charge in [0.2, 0.25) is 9.76 Å². The Balaban J connectivity index is 3.12. The van der Waals surface area contributed by atoms with Crippen LogP contribution in [0.4, 0.5) is 0 Å². The fourth-order valence-electron chi connectivity index (χ4n) is 3.91. The summed E-state index contributed by atoms with van der Waals surface area (Å²) in [5.74, 6) is 0.954. The molecule has 0 aromatic rings. The Hall–Kier alpha value is -0.313. The van der Waals surface area contributed by atoms with E-state index in [0.717, 1.165) is 12.3 Å². The second-order valence-corrected chi connectivity index (χ2v) is 10.9. The molecule has 0 aliphatic rings. The molecule has 3 heteroatoms. The van der Waals surface area contributed by atoms with Gasteiger partial charge in [-0.05, 0) is 18.4 Å². The summed E-state index contributed by atoms with van der Waals surface area (Å²) < 4.78 is 5.45. The smallest absolute Gasteiger partial charge is 0.292 e. The molecule has 0 bridgehead atoms. The zero-order valence-electron chi connectivity index (χ0n) is 20.5. The highest BCUT2D eigenvalue weighted by Gasteiger charge is 2.02. The van der Waals surface area contributed by atoms with Crippen LogP contribution in [0.5, 0.6) is 0 Å². The minimum atomic E-state index is -0.583. The third-order valence-corrected chi connectivity index (χ3v) is 7.24. The normalized spacial score (nSPS) is 11.7. The van der Waals surface area contributed by atoms with Crippen molar-refractivity contribution >= 4 is 15.7 Å². The van der Waals surface area contributed by atoms with Gasteiger partial charge >= 0.3 is 0 Å². The topological polar surface area (TPSA) is 26.3 Å². The minimum Gasteiger partial charge on any atom is -0.525 e. The third kappa shape index (κ3) is 25.7. The SMILES string of the molecule is CCCCCC[SiH2]OC(=O)CCCCCCCCCCCCCCCCC(C)C. The number of hydrogen-bond acceptors (Lipinski definition) is 2. The molecule has 0 saturated heterocycles. The summed E-state index contributed by atoms with van der Waals surface area (Å²) in [6.07, 6.45) is 26.4. The summed E-state index contributed by atoms with van der Waals surface area (Å²) in [5, 5.41) is 0. The molecule has 0 amide bonds. The largest absolute Gasteiger partial charge is 0.525 e. The Labute approximate surface area is 186 Å². The lowest BCUT2D eigenvalue weighted by molar-refractivity contribution is -0.134. The van der Waals surface area contributed by atoms with Gasteiger partial charge in [-0.25, -0.2) is 0 Å². The third-order valence-electron chi connectivity index (χ3n) is 5.92. The molecule has 0 radical (unpaired) electrons. The van der Waals surface area contributed by atoms with Gasteiger partial charge in [-0.3, -0.25) is 4.79 Å². The summed E-state index contributed by atoms with van der Waals surface area (Å²) in [5.41, 5.74) is 0. The zero-order chi connectivity index (χ0) is 21.4. The van der Waals surface area contributed by atoms with E-state index in [1.807, 2.05) is 0 Å². The lowest BCUT2D eigenvalue weighted by Gasteiger charge is -2.05. The van der Waals surface area contributed by atoms with Crippen LogP contribution >= 0.6 is 0 Å². The van der Waals surface area contributed by atoms with Crippen LogP contribution in [0.3, 0.4) is 0 Å². The quantitative estimate of drug-likeness (QED) is 0.121. The van der Waals surface area contributed by atoms with Gasteiger partial charge in [0.25, 0.3) is 5.97 Å². The Morgan fingerprint density at radius 2 is 1.10 bits per heavy atom. The highest BCUT2D eigenvalue weighted by atomic mass is 28.2. The first-order valence-electron chi connectivity index (χ1n) is 13.3. The predicted molar refractivity (Wildman–Crippen MR) is 132 cm³/mol. The van der Waals surface area contributed by atoms with Gasteiger partial charge in [-0.2, -0.15) is 0 Å². The molecule has 0 aliphatic carbocycles. The van der Waals surface area contributed by atoms with E-state index < -0.39 is 9.76 Å². The molecule has 2 nitrogen and oxygen atoms in total. The van der Waals surface area contributed by atoms with Gasteiger partial charge in [0.1, 0.15) is 0 Å². The van der Waals surface area contributed by atoms with Crippen molar-refractivity contribution < 1.29 is 9.22 Å². The van der Waals surface area contributed by atoms with Gasteiger partial charge in [0.05, 0.1) is 0 Å². The van der Waals surface area contributed by atoms with Crippen molar-refractivity contribution in [2.24, 2.45) is 5.92 Å². The van der Waals surface area contributed by atoms with Gasteiger partial charge in [0, 0.05) is 6.42 Å². The Bertz CT molecular complexity index is 331. The first kappa shape index (κ1) is 28.7. The van der Waals surface area contributed by atoms with Crippen molar-refractivity contribution in [1.82, 2.24) is 0 Å². The standard InChI is InChI=1S/C26H54O2Si/c1-4-5-6-21-24-29-28-26(27)23-20-18-16-14-12-10-8-7-9-11-13-15-17-19-22-25(2)3/h25H,4-24,29H2,1-3H3. The van der Waals surface area contributed by atoms with E-state index >= 15 is 0 Å². The summed E-state index contributed by atoms with van der Waals surface area (Å²) in [4.78, 5) is 11.7. The molecule has 0 aliphatic heterocycles. The first-order chi connectivity index (χ1) is 14.2. The number of rotatable bonds is 23. The summed E-state index contributed by atoms with van der Waals surface area (Å²) in [6, 6.07) is 1.17. The molecular weight excluding hydrogens is 372 g/mol. The monoisotopic (exact) mass is 426 g/mol. The molecule has 0 aromatic heterocycles. The van der Waals surface area contributed by atoms with E-state index in [2.05, 4.69) is 20.8 Å². The van der Waals surface area contributed by atoms with E-state index in [0.29, 0.717) is 6.42 Å². The number of carbonyl (C=O) groups is 1. The molecule has 0 N–H and O–H groups in total. The Morgan fingerprint density at radius 3 is 1.59 bits per heavy atom. The Kier molecular flexibility index (Phi) is 23.7. The average molecular weight is 427 g/mol. The molecular formula is C26H54O2Si. The maximum atomic E-state index is 11.7. The molecule has 0 atom stereocenters. The minimum absolute atomic E-state index is 0.0760. The number of carbonyl (C=O) groups excluding carboxylic acids is 1. The molecule has 174 valence electrons. The van der Waals surface area contributed by atoms with E-state index in [-0.39, 0.29) is 5.97 Å². The van der Waals surface area contributed by atoms with Gasteiger partial charge < -0.3 is 4.43 Å². The van der Waals surface area contributed by atoms with Gasteiger partial charge in [-0.1, -0.05) is 136 Å². The highest BCUT2D eigenvalue weighted by Crippen LogP contribution is 2.15. The van der Waals surface area contributed by atoms with E-state index in [9.17, 15) is 4.79 Å². The summed E-state index contributed by atoms with van der Waals surface area (Å²) in [7, 11) is -0.583. The van der Waals surface area contributed by atoms with Crippen LogP contribution in [0.2, 0.25) is 6.04 Å². The van der Waals surface area contributed by atoms with E-state index in [1.54, 1.807) is 0 Å². The fraction of sp³-hybridized carbons (Fsp3) is 0.962. The maximum absolute atomic E-state index is 11.7. The highest BCUT2D eigenvalue weighted by molar-refractivity contribution is 6.30. The lowest BCUT2D eigenvalue weighted by Crippen LogP contribution is -2.08. The van der Waals surface area contributed by atoms with Crippen molar-refractivity contribution in [2.45, 2.75) is 155 Å².